The van der Waals surface area contributed by atoms with E-state index in [2.05, 4.69) is 0 Å². The van der Waals surface area contributed by atoms with Crippen molar-refractivity contribution in [2.75, 3.05) is 11.4 Å². The molecule has 0 radical (unpaired) electrons. The molecule has 0 fully saturated rings. The van der Waals surface area contributed by atoms with Crippen LogP contribution < -0.4 is 4.90 Å². The predicted molar refractivity (Wildman–Crippen MR) is 78.0 cm³/mol. The van der Waals surface area contributed by atoms with E-state index in [1.54, 1.807) is 42.5 Å². The first-order valence-electron chi connectivity index (χ1n) is 6.75. The van der Waals surface area contributed by atoms with Gasteiger partial charge in [0.05, 0.1) is 0 Å². The fourth-order valence-corrected chi connectivity index (χ4v) is 2.61. The van der Waals surface area contributed by atoms with E-state index in [1.807, 2.05) is 12.1 Å². The number of hydrogen-bond acceptors (Lipinski definition) is 1. The molecule has 4 heteroatoms. The Bertz CT molecular complexity index is 659. The Morgan fingerprint density at radius 1 is 0.952 bits per heavy atom. The largest absolute Gasteiger partial charge is 0.431 e. The first-order valence-corrected chi connectivity index (χ1v) is 6.75. The number of nitrogens with zero attached hydrogens (tertiary/aromatic N) is 1. The van der Waals surface area contributed by atoms with Crippen LogP contribution in [0.4, 0.5) is 18.9 Å². The Kier molecular flexibility index (Phi) is 3.45. The smallest absolute Gasteiger partial charge is 0.337 e. The Balaban J connectivity index is 2.05. The van der Waals surface area contributed by atoms with Gasteiger partial charge in [-0.1, -0.05) is 48.5 Å². The summed E-state index contributed by atoms with van der Waals surface area (Å²) in [5.74, 6) is 0. The first-order chi connectivity index (χ1) is 10.1. The van der Waals surface area contributed by atoms with Gasteiger partial charge in [0.1, 0.15) is 5.70 Å². The third-order valence-corrected chi connectivity index (χ3v) is 3.57. The van der Waals surface area contributed by atoms with Crippen LogP contribution in [0, 0.1) is 0 Å². The number of alkyl halides is 3. The molecule has 1 heterocycles. The maximum atomic E-state index is 13.4. The minimum Gasteiger partial charge on any atom is -0.337 e. The van der Waals surface area contributed by atoms with Gasteiger partial charge in [0.25, 0.3) is 0 Å². The van der Waals surface area contributed by atoms with Crippen molar-refractivity contribution < 1.29 is 13.2 Å². The first kappa shape index (κ1) is 13.7. The van der Waals surface area contributed by atoms with Gasteiger partial charge >= 0.3 is 6.18 Å². The van der Waals surface area contributed by atoms with Crippen LogP contribution in [-0.2, 0) is 6.42 Å². The van der Waals surface area contributed by atoms with Crippen molar-refractivity contribution in [3.63, 3.8) is 0 Å². The Labute approximate surface area is 121 Å². The average molecular weight is 289 g/mol. The quantitative estimate of drug-likeness (QED) is 0.777. The zero-order valence-corrected chi connectivity index (χ0v) is 11.3. The summed E-state index contributed by atoms with van der Waals surface area (Å²) in [6.07, 6.45) is -2.53. The summed E-state index contributed by atoms with van der Waals surface area (Å²) in [6, 6.07) is 15.9. The average Bonchev–Trinajstić information content (AvgIpc) is 2.88. The van der Waals surface area contributed by atoms with Crippen LogP contribution in [0.25, 0.3) is 6.08 Å². The summed E-state index contributed by atoms with van der Waals surface area (Å²) >= 11 is 0. The van der Waals surface area contributed by atoms with Crippen LogP contribution in [0.1, 0.15) is 11.1 Å². The normalized spacial score (nSPS) is 15.2. The van der Waals surface area contributed by atoms with Gasteiger partial charge in [0.2, 0.25) is 0 Å². The highest BCUT2D eigenvalue weighted by atomic mass is 19.4. The minimum atomic E-state index is -4.38. The number of hydrogen-bond donors (Lipinski definition) is 0. The van der Waals surface area contributed by atoms with E-state index < -0.39 is 11.9 Å². The minimum absolute atomic E-state index is 0.359. The Hall–Kier alpha value is -2.23. The molecule has 0 aliphatic carbocycles. The predicted octanol–water partition coefficient (Wildman–Crippen LogP) is 4.65. The standard InChI is InChI=1S/C17H14F3N/c18-17(19,20)16(12-13-6-2-1-3-7-13)21-11-10-14-8-4-5-9-15(14)21/h1-9,12H,10-11H2/b16-12-. The van der Waals surface area contributed by atoms with E-state index >= 15 is 0 Å². The maximum Gasteiger partial charge on any atom is 0.431 e. The molecule has 108 valence electrons. The second kappa shape index (κ2) is 5.28. The Morgan fingerprint density at radius 2 is 1.62 bits per heavy atom. The van der Waals surface area contributed by atoms with Gasteiger partial charge in [-0.25, -0.2) is 0 Å². The molecular weight excluding hydrogens is 275 g/mol. The summed E-state index contributed by atoms with van der Waals surface area (Å²) in [6.45, 7) is 0.359. The van der Waals surface area contributed by atoms with Gasteiger partial charge in [-0.2, -0.15) is 13.2 Å². The summed E-state index contributed by atoms with van der Waals surface area (Å²) in [5.41, 5.74) is 1.55. The van der Waals surface area contributed by atoms with Gasteiger partial charge in [-0.05, 0) is 29.7 Å². The molecule has 0 N–H and O–H groups in total. The number of allylic oxidation sites excluding steroid dienone is 1. The van der Waals surface area contributed by atoms with E-state index in [4.69, 9.17) is 0 Å². The molecule has 0 aromatic heterocycles. The van der Waals surface area contributed by atoms with E-state index in [0.717, 1.165) is 5.56 Å². The summed E-state index contributed by atoms with van der Waals surface area (Å²) in [5, 5.41) is 0. The fourth-order valence-electron chi connectivity index (χ4n) is 2.61. The van der Waals surface area contributed by atoms with Crippen LogP contribution in [0.15, 0.2) is 60.3 Å². The molecule has 1 aliphatic rings. The van der Waals surface area contributed by atoms with Gasteiger partial charge < -0.3 is 4.90 Å². The lowest BCUT2D eigenvalue weighted by Crippen LogP contribution is -2.30. The topological polar surface area (TPSA) is 3.24 Å². The van der Waals surface area contributed by atoms with Crippen molar-refractivity contribution in [2.24, 2.45) is 0 Å². The number of rotatable bonds is 2. The molecular formula is C17H14F3N. The lowest BCUT2D eigenvalue weighted by atomic mass is 10.1. The zero-order chi connectivity index (χ0) is 14.9. The molecule has 0 unspecified atom stereocenters. The summed E-state index contributed by atoms with van der Waals surface area (Å²) in [4.78, 5) is 1.36. The molecule has 0 amide bonds. The van der Waals surface area contributed by atoms with Gasteiger partial charge in [0.15, 0.2) is 0 Å². The third kappa shape index (κ3) is 2.79. The molecule has 3 rings (SSSR count). The lowest BCUT2D eigenvalue weighted by molar-refractivity contribution is -0.0922. The number of benzene rings is 2. The maximum absolute atomic E-state index is 13.4. The molecule has 0 bridgehead atoms. The van der Waals surface area contributed by atoms with E-state index in [0.29, 0.717) is 24.2 Å². The number of fused-ring (bicyclic) bond motifs is 1. The van der Waals surface area contributed by atoms with Crippen LogP contribution in [0.3, 0.4) is 0 Å². The number of halogens is 3. The molecule has 0 saturated carbocycles. The second-order valence-corrected chi connectivity index (χ2v) is 4.97. The van der Waals surface area contributed by atoms with Crippen LogP contribution in [-0.4, -0.2) is 12.7 Å². The molecule has 0 atom stereocenters. The molecule has 21 heavy (non-hydrogen) atoms. The van der Waals surface area contributed by atoms with Crippen molar-refractivity contribution in [3.8, 4) is 0 Å². The van der Waals surface area contributed by atoms with Crippen LogP contribution in [0.2, 0.25) is 0 Å². The highest BCUT2D eigenvalue weighted by molar-refractivity contribution is 5.68. The zero-order valence-electron chi connectivity index (χ0n) is 11.3. The molecule has 0 spiro atoms. The molecule has 2 aromatic rings. The summed E-state index contributed by atoms with van der Waals surface area (Å²) < 4.78 is 40.3. The van der Waals surface area contributed by atoms with Crippen molar-refractivity contribution in [3.05, 3.63) is 71.4 Å². The fraction of sp³-hybridized carbons (Fsp3) is 0.176. The SMILES string of the molecule is FC(F)(F)/C(=C/c1ccccc1)N1CCc2ccccc21. The van der Waals surface area contributed by atoms with Gasteiger partial charge in [0, 0.05) is 12.2 Å². The van der Waals surface area contributed by atoms with Crippen LogP contribution in [0.5, 0.6) is 0 Å². The Morgan fingerprint density at radius 3 is 2.33 bits per heavy atom. The summed E-state index contributed by atoms with van der Waals surface area (Å²) in [7, 11) is 0. The third-order valence-electron chi connectivity index (χ3n) is 3.57. The van der Waals surface area contributed by atoms with Crippen molar-refractivity contribution >= 4 is 11.8 Å². The molecule has 0 saturated heterocycles. The second-order valence-electron chi connectivity index (χ2n) is 4.97. The van der Waals surface area contributed by atoms with Crippen LogP contribution >= 0.6 is 0 Å². The van der Waals surface area contributed by atoms with Crippen molar-refractivity contribution in [1.82, 2.24) is 0 Å². The van der Waals surface area contributed by atoms with Gasteiger partial charge in [-0.15, -0.1) is 0 Å². The van der Waals surface area contributed by atoms with E-state index in [9.17, 15) is 13.2 Å². The molecule has 2 aromatic carbocycles. The molecule has 1 aliphatic heterocycles. The highest BCUT2D eigenvalue weighted by Crippen LogP contribution is 2.38. The van der Waals surface area contributed by atoms with Gasteiger partial charge in [-0.3, -0.25) is 0 Å². The number of anilines is 1. The van der Waals surface area contributed by atoms with Crippen molar-refractivity contribution in [2.45, 2.75) is 12.6 Å². The van der Waals surface area contributed by atoms with Crippen molar-refractivity contribution in [1.29, 1.82) is 0 Å². The molecule has 1 nitrogen and oxygen atoms in total. The lowest BCUT2D eigenvalue weighted by Gasteiger charge is -2.25. The number of para-hydroxylation sites is 1. The monoisotopic (exact) mass is 289 g/mol. The van der Waals surface area contributed by atoms with E-state index in [1.165, 1.54) is 11.0 Å². The highest BCUT2D eigenvalue weighted by Gasteiger charge is 2.40. The van der Waals surface area contributed by atoms with E-state index in [-0.39, 0.29) is 0 Å².